The van der Waals surface area contributed by atoms with E-state index < -0.39 is 0 Å². The summed E-state index contributed by atoms with van der Waals surface area (Å²) in [5, 5.41) is 14.7. The lowest BCUT2D eigenvalue weighted by molar-refractivity contribution is -0.115. The molecule has 1 amide bonds. The number of anilines is 1. The van der Waals surface area contributed by atoms with Crippen LogP contribution in [0, 0.1) is 18.3 Å². The molecule has 0 aliphatic heterocycles. The van der Waals surface area contributed by atoms with Gasteiger partial charge in [-0.05, 0) is 30.7 Å². The number of carbonyl (C=O) groups is 1. The molecule has 0 unspecified atom stereocenters. The maximum atomic E-state index is 11.8. The van der Waals surface area contributed by atoms with Crippen LogP contribution >= 0.6 is 0 Å². The highest BCUT2D eigenvalue weighted by Gasteiger charge is 2.02. The molecule has 0 aliphatic rings. The van der Waals surface area contributed by atoms with E-state index in [4.69, 9.17) is 5.26 Å². The molecule has 2 N–H and O–H groups in total. The summed E-state index contributed by atoms with van der Waals surface area (Å²) >= 11 is 0. The van der Waals surface area contributed by atoms with E-state index in [0.29, 0.717) is 17.8 Å². The van der Waals surface area contributed by atoms with Crippen molar-refractivity contribution in [3.63, 3.8) is 0 Å². The Bertz CT molecular complexity index is 656. The fraction of sp³-hybridized carbons (Fsp3) is 0.176. The molecule has 4 nitrogen and oxygen atoms in total. The van der Waals surface area contributed by atoms with Gasteiger partial charge < -0.3 is 10.6 Å². The number of rotatable bonds is 5. The highest BCUT2D eigenvalue weighted by molar-refractivity contribution is 5.92. The molecule has 0 saturated heterocycles. The summed E-state index contributed by atoms with van der Waals surface area (Å²) in [5.74, 6) is -0.128. The van der Waals surface area contributed by atoms with Crippen molar-refractivity contribution in [1.29, 1.82) is 5.26 Å². The van der Waals surface area contributed by atoms with Crippen molar-refractivity contribution >= 4 is 11.6 Å². The third kappa shape index (κ3) is 4.75. The zero-order valence-electron chi connectivity index (χ0n) is 11.9. The number of nitriles is 1. The summed E-state index contributed by atoms with van der Waals surface area (Å²) in [4.78, 5) is 11.8. The second-order valence-corrected chi connectivity index (χ2v) is 4.83. The van der Waals surface area contributed by atoms with Gasteiger partial charge in [-0.15, -0.1) is 0 Å². The molecule has 0 atom stereocenters. The second kappa shape index (κ2) is 7.22. The van der Waals surface area contributed by atoms with Gasteiger partial charge in [-0.1, -0.05) is 35.9 Å². The molecule has 0 spiro atoms. The largest absolute Gasteiger partial charge is 0.325 e. The van der Waals surface area contributed by atoms with Crippen molar-refractivity contribution in [2.24, 2.45) is 0 Å². The molecule has 0 fully saturated rings. The van der Waals surface area contributed by atoms with Crippen LogP contribution in [0.5, 0.6) is 0 Å². The molecule has 0 radical (unpaired) electrons. The lowest BCUT2D eigenvalue weighted by Gasteiger charge is -2.07. The van der Waals surface area contributed by atoms with Crippen LogP contribution in [0.25, 0.3) is 0 Å². The Balaban J connectivity index is 1.79. The molecule has 0 aromatic heterocycles. The van der Waals surface area contributed by atoms with E-state index in [9.17, 15) is 4.79 Å². The van der Waals surface area contributed by atoms with Gasteiger partial charge in [0.25, 0.3) is 0 Å². The molecule has 21 heavy (non-hydrogen) atoms. The predicted octanol–water partition coefficient (Wildman–Crippen LogP) is 2.60. The normalized spacial score (nSPS) is 9.90. The number of aryl methyl sites for hydroxylation is 1. The van der Waals surface area contributed by atoms with Crippen LogP contribution in [0.3, 0.4) is 0 Å². The summed E-state index contributed by atoms with van der Waals surface area (Å²) in [5.41, 5.74) is 3.52. The van der Waals surface area contributed by atoms with Gasteiger partial charge in [-0.2, -0.15) is 5.26 Å². The number of hydrogen-bond donors (Lipinski definition) is 2. The van der Waals surface area contributed by atoms with Crippen LogP contribution in [0.4, 0.5) is 5.69 Å². The minimum atomic E-state index is -0.128. The van der Waals surface area contributed by atoms with E-state index in [1.54, 1.807) is 24.3 Å². The Hall–Kier alpha value is -2.64. The molecule has 0 heterocycles. The first-order chi connectivity index (χ1) is 10.2. The summed E-state index contributed by atoms with van der Waals surface area (Å²) in [6.45, 7) is 2.91. The molecule has 106 valence electrons. The average Bonchev–Trinajstić information content (AvgIpc) is 2.49. The maximum Gasteiger partial charge on any atom is 0.238 e. The van der Waals surface area contributed by atoms with Gasteiger partial charge in [-0.25, -0.2) is 0 Å². The first kappa shape index (κ1) is 14.8. The van der Waals surface area contributed by atoms with Gasteiger partial charge in [0.2, 0.25) is 5.91 Å². The summed E-state index contributed by atoms with van der Waals surface area (Å²) < 4.78 is 0. The van der Waals surface area contributed by atoms with E-state index in [2.05, 4.69) is 10.6 Å². The van der Waals surface area contributed by atoms with Gasteiger partial charge >= 0.3 is 0 Å². The van der Waals surface area contributed by atoms with Crippen molar-refractivity contribution in [2.75, 3.05) is 11.9 Å². The lowest BCUT2D eigenvalue weighted by Crippen LogP contribution is -2.27. The van der Waals surface area contributed by atoms with Crippen molar-refractivity contribution in [2.45, 2.75) is 13.5 Å². The van der Waals surface area contributed by atoms with Crippen LogP contribution in [0.1, 0.15) is 16.7 Å². The minimum absolute atomic E-state index is 0.128. The Labute approximate surface area is 124 Å². The van der Waals surface area contributed by atoms with Crippen molar-refractivity contribution in [3.05, 3.63) is 65.2 Å². The average molecular weight is 279 g/mol. The molecule has 2 aromatic rings. The maximum absolute atomic E-state index is 11.8. The van der Waals surface area contributed by atoms with Crippen LogP contribution in [-0.2, 0) is 11.3 Å². The second-order valence-electron chi connectivity index (χ2n) is 4.83. The van der Waals surface area contributed by atoms with Crippen LogP contribution in [-0.4, -0.2) is 12.5 Å². The minimum Gasteiger partial charge on any atom is -0.325 e. The van der Waals surface area contributed by atoms with E-state index in [1.165, 1.54) is 5.56 Å². The topological polar surface area (TPSA) is 64.9 Å². The van der Waals surface area contributed by atoms with Gasteiger partial charge in [0.05, 0.1) is 18.2 Å². The van der Waals surface area contributed by atoms with Crippen LogP contribution < -0.4 is 10.6 Å². The first-order valence-electron chi connectivity index (χ1n) is 6.73. The Morgan fingerprint density at radius 2 is 1.95 bits per heavy atom. The third-order valence-corrected chi connectivity index (χ3v) is 3.01. The summed E-state index contributed by atoms with van der Waals surface area (Å²) in [6.07, 6.45) is 0. The monoisotopic (exact) mass is 279 g/mol. The van der Waals surface area contributed by atoms with E-state index in [1.807, 2.05) is 37.3 Å². The number of amides is 1. The quantitative estimate of drug-likeness (QED) is 0.884. The fourth-order valence-corrected chi connectivity index (χ4v) is 1.90. The smallest absolute Gasteiger partial charge is 0.238 e. The van der Waals surface area contributed by atoms with E-state index in [0.717, 1.165) is 5.56 Å². The number of hydrogen-bond acceptors (Lipinski definition) is 3. The summed E-state index contributed by atoms with van der Waals surface area (Å²) in [6, 6.07) is 17.1. The first-order valence-corrected chi connectivity index (χ1v) is 6.73. The summed E-state index contributed by atoms with van der Waals surface area (Å²) in [7, 11) is 0. The zero-order chi connectivity index (χ0) is 15.1. The van der Waals surface area contributed by atoms with Crippen molar-refractivity contribution < 1.29 is 4.79 Å². The van der Waals surface area contributed by atoms with Gasteiger partial charge in [-0.3, -0.25) is 4.79 Å². The highest BCUT2D eigenvalue weighted by atomic mass is 16.1. The van der Waals surface area contributed by atoms with E-state index >= 15 is 0 Å². The predicted molar refractivity (Wildman–Crippen MR) is 82.7 cm³/mol. The Kier molecular flexibility index (Phi) is 5.08. The van der Waals surface area contributed by atoms with Crippen molar-refractivity contribution in [1.82, 2.24) is 5.32 Å². The molecule has 0 bridgehead atoms. The standard InChI is InChI=1S/C17H17N3O/c1-13-5-7-14(8-6-13)11-19-12-17(21)20-16-4-2-3-15(9-16)10-18/h2-9,19H,11-12H2,1H3,(H,20,21). The Morgan fingerprint density at radius 1 is 1.19 bits per heavy atom. The highest BCUT2D eigenvalue weighted by Crippen LogP contribution is 2.09. The van der Waals surface area contributed by atoms with Gasteiger partial charge in [0.1, 0.15) is 0 Å². The van der Waals surface area contributed by atoms with Gasteiger partial charge in [0.15, 0.2) is 0 Å². The molecule has 0 aliphatic carbocycles. The van der Waals surface area contributed by atoms with Crippen LogP contribution in [0.15, 0.2) is 48.5 Å². The van der Waals surface area contributed by atoms with Gasteiger partial charge in [0, 0.05) is 12.2 Å². The molecule has 2 aromatic carbocycles. The molecular weight excluding hydrogens is 262 g/mol. The number of nitrogens with zero attached hydrogens (tertiary/aromatic N) is 1. The number of carbonyl (C=O) groups excluding carboxylic acids is 1. The van der Waals surface area contributed by atoms with Crippen molar-refractivity contribution in [3.8, 4) is 6.07 Å². The fourth-order valence-electron chi connectivity index (χ4n) is 1.90. The number of benzene rings is 2. The Morgan fingerprint density at radius 3 is 2.67 bits per heavy atom. The third-order valence-electron chi connectivity index (χ3n) is 3.01. The van der Waals surface area contributed by atoms with E-state index in [-0.39, 0.29) is 12.5 Å². The molecular formula is C17H17N3O. The SMILES string of the molecule is Cc1ccc(CNCC(=O)Nc2cccc(C#N)c2)cc1. The lowest BCUT2D eigenvalue weighted by atomic mass is 10.1. The number of nitrogens with one attached hydrogen (secondary N) is 2. The molecule has 2 rings (SSSR count). The molecule has 4 heteroatoms. The van der Waals surface area contributed by atoms with Crippen LogP contribution in [0.2, 0.25) is 0 Å². The zero-order valence-corrected chi connectivity index (χ0v) is 11.9. The molecule has 0 saturated carbocycles.